The third-order valence-corrected chi connectivity index (χ3v) is 4.17. The molecule has 0 saturated carbocycles. The maximum atomic E-state index is 10.9. The van der Waals surface area contributed by atoms with E-state index in [1.165, 1.54) is 24.9 Å². The van der Waals surface area contributed by atoms with Crippen LogP contribution in [0.25, 0.3) is 0 Å². The highest BCUT2D eigenvalue weighted by Crippen LogP contribution is 2.40. The lowest BCUT2D eigenvalue weighted by molar-refractivity contribution is -0.132. The highest BCUT2D eigenvalue weighted by Gasteiger charge is 2.38. The van der Waals surface area contributed by atoms with Crippen LogP contribution in [0, 0.1) is 0 Å². The number of hydrogen-bond acceptors (Lipinski definition) is 5. The van der Waals surface area contributed by atoms with Gasteiger partial charge in [0.2, 0.25) is 0 Å². The summed E-state index contributed by atoms with van der Waals surface area (Å²) in [6, 6.07) is 0. The molecule has 0 saturated heterocycles. The molecule has 2 aliphatic rings. The fraction of sp³-hybridized carbons (Fsp3) is 0.333. The van der Waals surface area contributed by atoms with Crippen molar-refractivity contribution in [1.82, 2.24) is 0 Å². The maximum Gasteiger partial charge on any atom is 0.337 e. The van der Waals surface area contributed by atoms with Crippen molar-refractivity contribution < 1.29 is 14.6 Å². The largest absolute Gasteiger partial charge is 0.478 e. The number of aliphatic imine (C=N–C) groups is 1. The van der Waals surface area contributed by atoms with Crippen molar-refractivity contribution in [2.45, 2.75) is 10.6 Å². The average molecular weight is 261 g/mol. The zero-order chi connectivity index (χ0) is 11.9. The average Bonchev–Trinajstić information content (AvgIpc) is 2.66. The van der Waals surface area contributed by atoms with E-state index in [-0.39, 0.29) is 16.5 Å². The van der Waals surface area contributed by atoms with E-state index in [2.05, 4.69) is 4.99 Å². The third-order valence-electron chi connectivity index (χ3n) is 2.31. The van der Waals surface area contributed by atoms with Gasteiger partial charge in [-0.25, -0.2) is 9.79 Å². The molecule has 1 heterocycles. The number of hydrogen-bond donors (Lipinski definition) is 2. The Balaban J connectivity index is 2.42. The van der Waals surface area contributed by atoms with Gasteiger partial charge in [-0.15, -0.1) is 11.6 Å². The van der Waals surface area contributed by atoms with Gasteiger partial charge in [-0.1, -0.05) is 11.8 Å². The van der Waals surface area contributed by atoms with E-state index in [1.54, 1.807) is 0 Å². The minimum Gasteiger partial charge on any atom is -0.478 e. The van der Waals surface area contributed by atoms with Crippen molar-refractivity contribution in [3.05, 3.63) is 23.0 Å². The first kappa shape index (κ1) is 11.3. The fourth-order valence-corrected chi connectivity index (χ4v) is 2.89. The summed E-state index contributed by atoms with van der Waals surface area (Å²) in [4.78, 5) is 15.0. The lowest BCUT2D eigenvalue weighted by Crippen LogP contribution is -2.30. The molecule has 5 nitrogen and oxygen atoms in total. The molecule has 0 aromatic carbocycles. The molecular weight excluding hydrogens is 252 g/mol. The zero-order valence-electron chi connectivity index (χ0n) is 8.31. The predicted molar refractivity (Wildman–Crippen MR) is 62.4 cm³/mol. The number of fused-ring (bicyclic) bond motifs is 1. The summed E-state index contributed by atoms with van der Waals surface area (Å²) in [5.41, 5.74) is 6.45. The number of carboxylic acids is 1. The van der Waals surface area contributed by atoms with Crippen LogP contribution in [0.5, 0.6) is 0 Å². The number of methoxy groups -OCH3 is 1. The molecule has 0 aromatic heterocycles. The number of thioether (sulfide) groups is 1. The van der Waals surface area contributed by atoms with E-state index >= 15 is 0 Å². The van der Waals surface area contributed by atoms with E-state index in [4.69, 9.17) is 27.2 Å². The topological polar surface area (TPSA) is 84.9 Å². The predicted octanol–water partition coefficient (Wildman–Crippen LogP) is 0.907. The van der Waals surface area contributed by atoms with E-state index in [0.717, 1.165) is 0 Å². The zero-order valence-corrected chi connectivity index (χ0v) is 9.88. The standard InChI is InChI=1S/C9H9ClN2O3S/c1-15-9-12-4-2-3(8(13)14)6(11)5(10)7(4)16-9/h2,5,7H,11H2,1H3,(H,13,14). The van der Waals surface area contributed by atoms with Gasteiger partial charge in [0.05, 0.1) is 29.0 Å². The summed E-state index contributed by atoms with van der Waals surface area (Å²) in [5, 5.41) is 8.67. The number of carboxylic acid groups (broad SMARTS) is 1. The molecule has 1 aliphatic heterocycles. The molecule has 7 heteroatoms. The Labute approximate surface area is 101 Å². The Bertz CT molecular complexity index is 444. The van der Waals surface area contributed by atoms with Crippen LogP contribution in [0.2, 0.25) is 0 Å². The number of carbonyl (C=O) groups is 1. The Kier molecular flexibility index (Phi) is 2.86. The Morgan fingerprint density at radius 3 is 3.00 bits per heavy atom. The van der Waals surface area contributed by atoms with Crippen LogP contribution in [0.1, 0.15) is 0 Å². The van der Waals surface area contributed by atoms with Crippen LogP contribution >= 0.6 is 23.4 Å². The number of ether oxygens (including phenoxy) is 1. The van der Waals surface area contributed by atoms with E-state index < -0.39 is 11.3 Å². The van der Waals surface area contributed by atoms with Crippen LogP contribution in [0.3, 0.4) is 0 Å². The number of rotatable bonds is 1. The quantitative estimate of drug-likeness (QED) is 0.685. The maximum absolute atomic E-state index is 10.9. The van der Waals surface area contributed by atoms with Gasteiger partial charge >= 0.3 is 5.97 Å². The Hall–Kier alpha value is -1.14. The van der Waals surface area contributed by atoms with Crippen molar-refractivity contribution in [1.29, 1.82) is 0 Å². The van der Waals surface area contributed by atoms with Crippen molar-refractivity contribution >= 4 is 34.6 Å². The van der Waals surface area contributed by atoms with Gasteiger partial charge in [0.25, 0.3) is 5.23 Å². The molecular formula is C9H9ClN2O3S. The van der Waals surface area contributed by atoms with Crippen molar-refractivity contribution in [2.24, 2.45) is 10.7 Å². The molecule has 86 valence electrons. The number of aliphatic carboxylic acids is 1. The number of nitrogens with zero attached hydrogens (tertiary/aromatic N) is 1. The van der Waals surface area contributed by atoms with Crippen LogP contribution in [-0.4, -0.2) is 34.0 Å². The van der Waals surface area contributed by atoms with E-state index in [9.17, 15) is 4.79 Å². The lowest BCUT2D eigenvalue weighted by Gasteiger charge is -2.22. The van der Waals surface area contributed by atoms with Crippen molar-refractivity contribution in [3.63, 3.8) is 0 Å². The summed E-state index contributed by atoms with van der Waals surface area (Å²) in [7, 11) is 1.50. The second kappa shape index (κ2) is 4.03. The van der Waals surface area contributed by atoms with Gasteiger partial charge in [-0.05, 0) is 6.08 Å². The van der Waals surface area contributed by atoms with Crippen LogP contribution in [0.4, 0.5) is 0 Å². The van der Waals surface area contributed by atoms with Gasteiger partial charge in [-0.2, -0.15) is 0 Å². The second-order valence-corrected chi connectivity index (χ2v) is 4.83. The number of allylic oxidation sites excluding steroid dienone is 1. The molecule has 0 fully saturated rings. The molecule has 0 amide bonds. The normalized spacial score (nSPS) is 28.4. The van der Waals surface area contributed by atoms with Crippen LogP contribution in [-0.2, 0) is 9.53 Å². The first-order chi connectivity index (χ1) is 7.54. The lowest BCUT2D eigenvalue weighted by atomic mass is 10.0. The van der Waals surface area contributed by atoms with E-state index in [0.29, 0.717) is 10.9 Å². The van der Waals surface area contributed by atoms with Crippen LogP contribution < -0.4 is 5.73 Å². The van der Waals surface area contributed by atoms with Gasteiger partial charge in [0.15, 0.2) is 0 Å². The minimum atomic E-state index is -1.10. The highest BCUT2D eigenvalue weighted by atomic mass is 35.5. The summed E-state index contributed by atoms with van der Waals surface area (Å²) < 4.78 is 4.99. The summed E-state index contributed by atoms with van der Waals surface area (Å²) >= 11 is 7.43. The molecule has 2 unspecified atom stereocenters. The van der Waals surface area contributed by atoms with E-state index in [1.807, 2.05) is 0 Å². The number of halogens is 1. The fourth-order valence-electron chi connectivity index (χ4n) is 1.51. The molecule has 16 heavy (non-hydrogen) atoms. The van der Waals surface area contributed by atoms with Gasteiger partial charge in [0, 0.05) is 5.70 Å². The molecule has 2 atom stereocenters. The Morgan fingerprint density at radius 1 is 1.75 bits per heavy atom. The monoisotopic (exact) mass is 260 g/mol. The van der Waals surface area contributed by atoms with Gasteiger partial charge in [-0.3, -0.25) is 0 Å². The molecule has 0 bridgehead atoms. The van der Waals surface area contributed by atoms with Crippen molar-refractivity contribution in [2.75, 3.05) is 7.11 Å². The third kappa shape index (κ3) is 1.68. The molecule has 0 aromatic rings. The summed E-state index contributed by atoms with van der Waals surface area (Å²) in [6.07, 6.45) is 1.44. The molecule has 0 radical (unpaired) electrons. The first-order valence-electron chi connectivity index (χ1n) is 4.42. The number of nitrogens with two attached hydrogens (primary N) is 1. The first-order valence-corrected chi connectivity index (χ1v) is 5.74. The number of alkyl halides is 1. The van der Waals surface area contributed by atoms with Gasteiger partial charge in [0.1, 0.15) is 0 Å². The highest BCUT2D eigenvalue weighted by molar-refractivity contribution is 8.14. The molecule has 2 rings (SSSR count). The molecule has 0 spiro atoms. The molecule has 3 N–H and O–H groups in total. The SMILES string of the molecule is COC1=NC2=CC(C(=O)O)=C(N)C(Cl)C2S1. The smallest absolute Gasteiger partial charge is 0.337 e. The Morgan fingerprint density at radius 2 is 2.44 bits per heavy atom. The van der Waals surface area contributed by atoms with Crippen molar-refractivity contribution in [3.8, 4) is 0 Å². The second-order valence-electron chi connectivity index (χ2n) is 3.27. The minimum absolute atomic E-state index is 0.00736. The molecule has 1 aliphatic carbocycles. The summed E-state index contributed by atoms with van der Waals surface area (Å²) in [6.45, 7) is 0. The summed E-state index contributed by atoms with van der Waals surface area (Å²) in [5.74, 6) is -1.10. The van der Waals surface area contributed by atoms with Gasteiger partial charge < -0.3 is 15.6 Å². The van der Waals surface area contributed by atoms with Crippen LogP contribution in [0.15, 0.2) is 28.0 Å².